The van der Waals surface area contributed by atoms with Gasteiger partial charge in [0, 0.05) is 18.4 Å². The largest absolute Gasteiger partial charge is 0.478 e. The summed E-state index contributed by atoms with van der Waals surface area (Å²) in [5, 5.41) is 19.8. The second kappa shape index (κ2) is 6.41. The Morgan fingerprint density at radius 1 is 1.23 bits per heavy atom. The second-order valence-corrected chi connectivity index (χ2v) is 8.09. The fourth-order valence-electron chi connectivity index (χ4n) is 2.74. The Kier molecular flexibility index (Phi) is 6.02. The van der Waals surface area contributed by atoms with Crippen LogP contribution in [-0.2, 0) is 4.79 Å². The van der Waals surface area contributed by atoms with Gasteiger partial charge in [-0.15, -0.1) is 0 Å². The Morgan fingerprint density at radius 2 is 1.73 bits per heavy atom. The molecule has 1 unspecified atom stereocenters. The molecule has 0 bridgehead atoms. The molecule has 1 rings (SSSR count). The molecule has 0 spiro atoms. The van der Waals surface area contributed by atoms with Gasteiger partial charge in [-0.2, -0.15) is 0 Å². The zero-order chi connectivity index (χ0) is 16.6. The summed E-state index contributed by atoms with van der Waals surface area (Å²) in [5.74, 6) is -1.06. The highest BCUT2D eigenvalue weighted by atomic mass is 16.4. The Hall–Kier alpha value is -1.35. The average molecular weight is 308 g/mol. The number of aliphatic hydroxyl groups is 1. The SMILES string of the molecule is C.C=C(CC1(O)C=CC(C(C)(C)C)=C(C(C)(C)C)C1)C(=O)O. The molecule has 0 amide bonds. The molecule has 0 aromatic heterocycles. The summed E-state index contributed by atoms with van der Waals surface area (Å²) in [6.07, 6.45) is 4.19. The molecular formula is C19H32O3. The maximum atomic E-state index is 11.0. The number of allylic oxidation sites excluding steroid dienone is 2. The molecule has 0 saturated heterocycles. The van der Waals surface area contributed by atoms with Crippen LogP contribution >= 0.6 is 0 Å². The van der Waals surface area contributed by atoms with Crippen molar-refractivity contribution in [2.45, 2.75) is 67.4 Å². The zero-order valence-corrected chi connectivity index (χ0v) is 14.1. The molecule has 22 heavy (non-hydrogen) atoms. The summed E-state index contributed by atoms with van der Waals surface area (Å²) in [6, 6.07) is 0. The van der Waals surface area contributed by atoms with E-state index in [1.165, 1.54) is 11.1 Å². The monoisotopic (exact) mass is 308 g/mol. The van der Waals surface area contributed by atoms with Crippen molar-refractivity contribution >= 4 is 5.97 Å². The van der Waals surface area contributed by atoms with Crippen molar-refractivity contribution in [2.75, 3.05) is 0 Å². The van der Waals surface area contributed by atoms with Gasteiger partial charge in [-0.25, -0.2) is 4.79 Å². The predicted molar refractivity (Wildman–Crippen MR) is 92.8 cm³/mol. The maximum absolute atomic E-state index is 11.0. The van der Waals surface area contributed by atoms with Gasteiger partial charge in [0.2, 0.25) is 0 Å². The Morgan fingerprint density at radius 3 is 2.09 bits per heavy atom. The Balaban J connectivity index is 0.00000441. The molecule has 1 aliphatic carbocycles. The summed E-state index contributed by atoms with van der Waals surface area (Å²) in [5.41, 5.74) is 1.19. The Bertz CT molecular complexity index is 510. The fourth-order valence-corrected chi connectivity index (χ4v) is 2.74. The first-order valence-corrected chi connectivity index (χ1v) is 7.33. The van der Waals surface area contributed by atoms with Crippen LogP contribution < -0.4 is 0 Å². The fraction of sp³-hybridized carbons (Fsp3) is 0.632. The molecular weight excluding hydrogens is 276 g/mol. The van der Waals surface area contributed by atoms with Gasteiger partial charge in [-0.3, -0.25) is 0 Å². The average Bonchev–Trinajstić information content (AvgIpc) is 2.25. The van der Waals surface area contributed by atoms with Crippen LogP contribution in [0, 0.1) is 10.8 Å². The van der Waals surface area contributed by atoms with E-state index in [0.717, 1.165) is 0 Å². The van der Waals surface area contributed by atoms with E-state index in [2.05, 4.69) is 48.1 Å². The minimum Gasteiger partial charge on any atom is -0.478 e. The van der Waals surface area contributed by atoms with Crippen molar-refractivity contribution in [3.63, 3.8) is 0 Å². The molecule has 0 aromatic rings. The first kappa shape index (κ1) is 20.6. The second-order valence-electron chi connectivity index (χ2n) is 8.09. The van der Waals surface area contributed by atoms with E-state index in [1.54, 1.807) is 6.08 Å². The lowest BCUT2D eigenvalue weighted by atomic mass is 9.67. The van der Waals surface area contributed by atoms with Crippen LogP contribution in [-0.4, -0.2) is 21.8 Å². The van der Waals surface area contributed by atoms with Crippen LogP contribution in [0.1, 0.15) is 61.8 Å². The first-order valence-electron chi connectivity index (χ1n) is 7.33. The molecule has 1 atom stereocenters. The normalized spacial score (nSPS) is 22.3. The lowest BCUT2D eigenvalue weighted by Crippen LogP contribution is -2.35. The summed E-state index contributed by atoms with van der Waals surface area (Å²) in [7, 11) is 0. The van der Waals surface area contributed by atoms with Crippen molar-refractivity contribution in [2.24, 2.45) is 10.8 Å². The predicted octanol–water partition coefficient (Wildman–Crippen LogP) is 4.73. The molecule has 126 valence electrons. The third-order valence-electron chi connectivity index (χ3n) is 3.90. The van der Waals surface area contributed by atoms with Crippen molar-refractivity contribution < 1.29 is 15.0 Å². The quantitative estimate of drug-likeness (QED) is 0.741. The molecule has 0 heterocycles. The first-order chi connectivity index (χ1) is 9.26. The number of aliphatic carboxylic acids is 1. The standard InChI is InChI=1S/C18H28O3.CH4/c1-12(15(19)20)10-18(21)9-8-13(16(2,3)4)14(11-18)17(5,6)7;/h8-9,21H,1,10-11H2,2-7H3,(H,19,20);1H4. The third kappa shape index (κ3) is 4.84. The maximum Gasteiger partial charge on any atom is 0.331 e. The van der Waals surface area contributed by atoms with Crippen LogP contribution in [0.15, 0.2) is 35.5 Å². The van der Waals surface area contributed by atoms with Gasteiger partial charge in [0.05, 0.1) is 5.60 Å². The molecule has 0 aliphatic heterocycles. The van der Waals surface area contributed by atoms with Crippen LogP contribution in [0.3, 0.4) is 0 Å². The molecule has 0 radical (unpaired) electrons. The summed E-state index contributed by atoms with van der Waals surface area (Å²) >= 11 is 0. The minimum atomic E-state index is -1.16. The summed E-state index contributed by atoms with van der Waals surface area (Å²) in [6.45, 7) is 16.4. The Labute approximate surface area is 135 Å². The van der Waals surface area contributed by atoms with Gasteiger partial charge in [-0.1, -0.05) is 73.3 Å². The minimum absolute atomic E-state index is 0. The molecule has 3 heteroatoms. The van der Waals surface area contributed by atoms with Gasteiger partial charge < -0.3 is 10.2 Å². The van der Waals surface area contributed by atoms with Gasteiger partial charge in [0.1, 0.15) is 0 Å². The van der Waals surface area contributed by atoms with Crippen LogP contribution in [0.2, 0.25) is 0 Å². The summed E-state index contributed by atoms with van der Waals surface area (Å²) < 4.78 is 0. The van der Waals surface area contributed by atoms with E-state index in [0.29, 0.717) is 6.42 Å². The number of rotatable bonds is 3. The number of carboxylic acid groups (broad SMARTS) is 1. The van der Waals surface area contributed by atoms with Crippen LogP contribution in [0.4, 0.5) is 0 Å². The van der Waals surface area contributed by atoms with Crippen LogP contribution in [0.25, 0.3) is 0 Å². The van der Waals surface area contributed by atoms with E-state index < -0.39 is 11.6 Å². The van der Waals surface area contributed by atoms with Crippen molar-refractivity contribution in [1.82, 2.24) is 0 Å². The zero-order valence-electron chi connectivity index (χ0n) is 14.1. The van der Waals surface area contributed by atoms with Gasteiger partial charge in [0.15, 0.2) is 0 Å². The van der Waals surface area contributed by atoms with Gasteiger partial charge >= 0.3 is 5.97 Å². The topological polar surface area (TPSA) is 57.5 Å². The molecule has 0 saturated carbocycles. The van der Waals surface area contributed by atoms with E-state index >= 15 is 0 Å². The van der Waals surface area contributed by atoms with Gasteiger partial charge in [-0.05, 0) is 16.4 Å². The third-order valence-corrected chi connectivity index (χ3v) is 3.90. The highest BCUT2D eigenvalue weighted by Gasteiger charge is 2.37. The molecule has 0 fully saturated rings. The van der Waals surface area contributed by atoms with Gasteiger partial charge in [0.25, 0.3) is 0 Å². The van der Waals surface area contributed by atoms with E-state index in [-0.39, 0.29) is 30.3 Å². The van der Waals surface area contributed by atoms with Crippen molar-refractivity contribution in [3.05, 3.63) is 35.5 Å². The molecule has 3 nitrogen and oxygen atoms in total. The number of hydrogen-bond donors (Lipinski definition) is 2. The highest BCUT2D eigenvalue weighted by Crippen LogP contribution is 2.45. The van der Waals surface area contributed by atoms with Crippen LogP contribution in [0.5, 0.6) is 0 Å². The van der Waals surface area contributed by atoms with E-state index in [4.69, 9.17) is 5.11 Å². The number of carbonyl (C=O) groups is 1. The smallest absolute Gasteiger partial charge is 0.331 e. The van der Waals surface area contributed by atoms with Crippen molar-refractivity contribution in [3.8, 4) is 0 Å². The lowest BCUT2D eigenvalue weighted by Gasteiger charge is -2.40. The highest BCUT2D eigenvalue weighted by molar-refractivity contribution is 5.86. The molecule has 0 aromatic carbocycles. The van der Waals surface area contributed by atoms with Crippen molar-refractivity contribution in [1.29, 1.82) is 0 Å². The van der Waals surface area contributed by atoms with E-state index in [9.17, 15) is 9.90 Å². The summed E-state index contributed by atoms with van der Waals surface area (Å²) in [4.78, 5) is 11.0. The number of hydrogen-bond acceptors (Lipinski definition) is 2. The van der Waals surface area contributed by atoms with E-state index in [1.807, 2.05) is 6.08 Å². The molecule has 2 N–H and O–H groups in total. The number of carboxylic acids is 1. The molecule has 1 aliphatic rings. The lowest BCUT2D eigenvalue weighted by molar-refractivity contribution is -0.133.